The van der Waals surface area contributed by atoms with Crippen LogP contribution in [-0.4, -0.2) is 87.9 Å². The summed E-state index contributed by atoms with van der Waals surface area (Å²) in [6, 6.07) is 123. The number of aromatic nitrogens is 8. The highest BCUT2D eigenvalue weighted by molar-refractivity contribution is 7.98. The molecule has 20 heteroatoms. The molecule has 8 heterocycles. The van der Waals surface area contributed by atoms with Crippen molar-refractivity contribution in [1.82, 2.24) is 39.9 Å². The number of thioether (sulfide) groups is 1. The van der Waals surface area contributed by atoms with E-state index in [9.17, 15) is 20.4 Å². The number of rotatable bonds is 13. The molecule has 26 aromatic rings. The van der Waals surface area contributed by atoms with Gasteiger partial charge in [0.2, 0.25) is 17.6 Å². The molecule has 0 aliphatic heterocycles. The largest absolute Gasteiger partial charge is 0.507 e. The lowest BCUT2D eigenvalue weighted by atomic mass is 9.95. The lowest BCUT2D eigenvalue weighted by molar-refractivity contribution is 0.397. The highest BCUT2D eigenvalue weighted by Gasteiger charge is 2.26. The van der Waals surface area contributed by atoms with Crippen molar-refractivity contribution in [3.63, 3.8) is 0 Å². The maximum Gasteiger partial charge on any atom is 0.217 e. The summed E-state index contributed by atoms with van der Waals surface area (Å²) < 4.78 is 41.7. The molecule has 662 valence electrons. The van der Waals surface area contributed by atoms with Gasteiger partial charge in [0.25, 0.3) is 0 Å². The van der Waals surface area contributed by atoms with Crippen LogP contribution in [0, 0.1) is 0 Å². The second kappa shape index (κ2) is 35.4. The standard InChI is InChI=1S/C33H22N2O3.C31H20N2O3.C27H18N2O3.C27H18N2O2S/c1-37-31-19-27(34-33(35-31)24-13-7-8-14-28(24)36)26-18-30-32(23-12-6-5-11-22(23)26)25-16-15-21(17-29(25)38-30)20-9-3-2-4-10-20;1-35-28-17-24(32-31(33-28)22-12-6-7-13-25(22)34)23-16-27-30(21-11-5-4-10-20(21)23)29-19-9-3-2-8-18(19)14-15-26(29)36-27;1-31-26-15-22(28-27(29-26)20-8-4-5-9-23(20)30)18-10-11-19-21-12-16-6-2-3-7-17(16)13-25(21)32-24(19)14-18;1-32-25-15-21(28-27(29-25)18-10-4-6-12-22(18)30)20-14-24-26(17-9-3-2-8-16(17)20)19-11-5-7-13-23(19)31-24/h2-19,36H,1H3;2-17,34H,1H3;2*2-15,30H,1H3. The van der Waals surface area contributed by atoms with Gasteiger partial charge in [-0.15, -0.1) is 11.8 Å². The topological polar surface area (TPSA) is 264 Å². The van der Waals surface area contributed by atoms with E-state index in [1.165, 1.54) is 10.8 Å². The molecule has 0 spiro atoms. The molecule has 26 rings (SSSR count). The fourth-order valence-corrected chi connectivity index (χ4v) is 18.9. The molecule has 8 aromatic heterocycles. The van der Waals surface area contributed by atoms with Crippen LogP contribution in [0.4, 0.5) is 0 Å². The molecule has 0 saturated heterocycles. The van der Waals surface area contributed by atoms with Crippen LogP contribution < -0.4 is 14.2 Å². The minimum atomic E-state index is 0.110. The number of fused-ring (bicyclic) bond motifs is 21. The Morgan fingerprint density at radius 2 is 0.565 bits per heavy atom. The van der Waals surface area contributed by atoms with Crippen LogP contribution >= 0.6 is 11.8 Å². The molecule has 0 amide bonds. The van der Waals surface area contributed by atoms with Crippen molar-refractivity contribution in [3.05, 3.63) is 376 Å². The molecule has 18 aromatic carbocycles. The van der Waals surface area contributed by atoms with Crippen molar-refractivity contribution >= 4 is 153 Å². The van der Waals surface area contributed by atoms with Gasteiger partial charge in [-0.1, -0.05) is 237 Å². The number of benzene rings is 18. The Hall–Kier alpha value is -18.3. The highest BCUT2D eigenvalue weighted by atomic mass is 32.2. The number of phenolic OH excluding ortho intramolecular Hbond substituents is 4. The van der Waals surface area contributed by atoms with E-state index >= 15 is 0 Å². The third-order valence-corrected chi connectivity index (χ3v) is 25.7. The molecule has 0 fully saturated rings. The van der Waals surface area contributed by atoms with Crippen LogP contribution in [0.2, 0.25) is 0 Å². The molecule has 0 atom stereocenters. The summed E-state index contributed by atoms with van der Waals surface area (Å²) in [7, 11) is 4.71. The first-order valence-electron chi connectivity index (χ1n) is 44.6. The van der Waals surface area contributed by atoms with E-state index in [0.29, 0.717) is 80.3 Å². The molecule has 0 bridgehead atoms. The Morgan fingerprint density at radius 3 is 1.09 bits per heavy atom. The predicted molar refractivity (Wildman–Crippen MR) is 552 cm³/mol. The summed E-state index contributed by atoms with van der Waals surface area (Å²) in [5.41, 5.74) is 17.5. The highest BCUT2D eigenvalue weighted by Crippen LogP contribution is 2.48. The number of hydrogen-bond donors (Lipinski definition) is 4. The van der Waals surface area contributed by atoms with Crippen LogP contribution in [0.1, 0.15) is 0 Å². The molecule has 0 aliphatic carbocycles. The average molecular weight is 1820 g/mol. The van der Waals surface area contributed by atoms with E-state index in [1.807, 2.05) is 170 Å². The monoisotopic (exact) mass is 1810 g/mol. The normalized spacial score (nSPS) is 11.5. The molecule has 19 nitrogen and oxygen atoms in total. The van der Waals surface area contributed by atoms with Gasteiger partial charge in [-0.05, 0) is 193 Å². The van der Waals surface area contributed by atoms with Crippen LogP contribution in [0.15, 0.2) is 399 Å². The number of para-hydroxylation sites is 5. The second-order valence-electron chi connectivity index (χ2n) is 33.1. The summed E-state index contributed by atoms with van der Waals surface area (Å²) in [6.45, 7) is 0. The quantitative estimate of drug-likeness (QED) is 0.0617. The van der Waals surface area contributed by atoms with Gasteiger partial charge in [-0.2, -0.15) is 15.0 Å². The number of hydrogen-bond acceptors (Lipinski definition) is 20. The molecule has 138 heavy (non-hydrogen) atoms. The van der Waals surface area contributed by atoms with Gasteiger partial charge in [-0.25, -0.2) is 24.9 Å². The van der Waals surface area contributed by atoms with E-state index in [0.717, 1.165) is 175 Å². The Morgan fingerprint density at radius 1 is 0.210 bits per heavy atom. The summed E-state index contributed by atoms with van der Waals surface area (Å²) in [5.74, 6) is 3.42. The zero-order valence-corrected chi connectivity index (χ0v) is 75.2. The fraction of sp³-hybridized carbons (Fsp3) is 0.0339. The van der Waals surface area contributed by atoms with Crippen molar-refractivity contribution in [2.45, 2.75) is 5.03 Å². The van der Waals surface area contributed by atoms with E-state index in [4.69, 9.17) is 51.8 Å². The van der Waals surface area contributed by atoms with Gasteiger partial charge >= 0.3 is 0 Å². The lowest BCUT2D eigenvalue weighted by Gasteiger charge is -2.11. The van der Waals surface area contributed by atoms with Crippen LogP contribution in [0.3, 0.4) is 0 Å². The number of aromatic hydroxyl groups is 4. The van der Waals surface area contributed by atoms with Crippen LogP contribution in [0.5, 0.6) is 40.6 Å². The fourth-order valence-electron chi connectivity index (χ4n) is 18.5. The molecular formula is C118H78N8O11S. The smallest absolute Gasteiger partial charge is 0.217 e. The molecule has 4 N–H and O–H groups in total. The zero-order valence-electron chi connectivity index (χ0n) is 74.4. The van der Waals surface area contributed by atoms with E-state index in [-0.39, 0.29) is 23.0 Å². The van der Waals surface area contributed by atoms with Crippen molar-refractivity contribution in [2.75, 3.05) is 27.6 Å². The predicted octanol–water partition coefficient (Wildman–Crippen LogP) is 29.8. The molecule has 0 saturated carbocycles. The first-order valence-corrected chi connectivity index (χ1v) is 45.8. The van der Waals surface area contributed by atoms with Gasteiger partial charge < -0.3 is 52.3 Å². The van der Waals surface area contributed by atoms with E-state index in [2.05, 4.69) is 159 Å². The SMILES string of the molecule is COc1cc(-c2cc3oc4cc(-c5ccccc5)ccc4c3c3ccccc23)nc(-c2ccccc2O)n1.COc1cc(-c2cc3oc4ccc5ccccc5c4c3c3ccccc23)nc(-c2ccccc2O)n1.COc1cc(-c2ccc3c(c2)oc2cc4ccccc4cc23)nc(-c2ccccc2O)n1.CSc1cc(-c2cc3oc4ccccc4c3c3ccccc23)nc(-c2ccccc2O)n1. The third-order valence-electron chi connectivity index (χ3n) is 25.0. The summed E-state index contributed by atoms with van der Waals surface area (Å²) in [6.07, 6.45) is 1.99. The second-order valence-corrected chi connectivity index (χ2v) is 33.9. The summed E-state index contributed by atoms with van der Waals surface area (Å²) >= 11 is 1.55. The number of ether oxygens (including phenoxy) is 3. The Bertz CT molecular complexity index is 9340. The maximum atomic E-state index is 10.5. The zero-order chi connectivity index (χ0) is 93.2. The maximum absolute atomic E-state index is 10.5. The third kappa shape index (κ3) is 15.4. The van der Waals surface area contributed by atoms with Gasteiger partial charge in [0, 0.05) is 83.5 Å². The van der Waals surface area contributed by atoms with Crippen LogP contribution in [0.25, 0.3) is 243 Å². The number of nitrogens with zero attached hydrogens (tertiary/aromatic N) is 8. The first-order chi connectivity index (χ1) is 67.8. The minimum absolute atomic E-state index is 0.110. The molecule has 0 radical (unpaired) electrons. The average Bonchev–Trinajstić information content (AvgIpc) is 1.59. The van der Waals surface area contributed by atoms with Crippen molar-refractivity contribution in [1.29, 1.82) is 0 Å². The molecular weight excluding hydrogens is 1740 g/mol. The first kappa shape index (κ1) is 84.0. The lowest BCUT2D eigenvalue weighted by Crippen LogP contribution is -1.97. The Kier molecular flexibility index (Phi) is 21.5. The van der Waals surface area contributed by atoms with Crippen molar-refractivity contribution < 1.29 is 52.3 Å². The van der Waals surface area contributed by atoms with Gasteiger partial charge in [-0.3, -0.25) is 0 Å². The Labute approximate surface area is 791 Å². The molecule has 0 aliphatic rings. The number of furan rings is 4. The van der Waals surface area contributed by atoms with Crippen LogP contribution in [-0.2, 0) is 0 Å². The van der Waals surface area contributed by atoms with Gasteiger partial charge in [0.1, 0.15) is 72.7 Å². The number of phenols is 4. The summed E-state index contributed by atoms with van der Waals surface area (Å²) in [5, 5.41) is 62.2. The summed E-state index contributed by atoms with van der Waals surface area (Å²) in [4.78, 5) is 37.4. The van der Waals surface area contributed by atoms with E-state index in [1.54, 1.807) is 106 Å². The van der Waals surface area contributed by atoms with E-state index < -0.39 is 0 Å². The Balaban J connectivity index is 0.000000103. The van der Waals surface area contributed by atoms with Crippen molar-refractivity contribution in [3.8, 4) is 142 Å². The van der Waals surface area contributed by atoms with Gasteiger partial charge in [0.05, 0.1) is 66.4 Å². The minimum Gasteiger partial charge on any atom is -0.507 e. The van der Waals surface area contributed by atoms with Crippen molar-refractivity contribution in [2.24, 2.45) is 0 Å². The molecule has 0 unspecified atom stereocenters. The number of methoxy groups -OCH3 is 3. The van der Waals surface area contributed by atoms with Gasteiger partial charge in [0.15, 0.2) is 23.3 Å².